The summed E-state index contributed by atoms with van der Waals surface area (Å²) in [4.78, 5) is 2.54. The Kier molecular flexibility index (Phi) is 5.49. The normalized spacial score (nSPS) is 12.4. The minimum absolute atomic E-state index is 0.233. The molecule has 2 aromatic rings. The second-order valence-corrected chi connectivity index (χ2v) is 6.57. The Balaban J connectivity index is 2.24. The molecule has 0 spiro atoms. The highest BCUT2D eigenvalue weighted by Crippen LogP contribution is 2.33. The molecule has 2 aromatic carbocycles. The molecule has 0 radical (unpaired) electrons. The lowest BCUT2D eigenvalue weighted by atomic mass is 10.1. The van der Waals surface area contributed by atoms with Gasteiger partial charge in [0.25, 0.3) is 0 Å². The van der Waals surface area contributed by atoms with Crippen LogP contribution in [0.25, 0.3) is 0 Å². The number of benzene rings is 2. The summed E-state index contributed by atoms with van der Waals surface area (Å²) in [5.74, 6) is 0. The summed E-state index contributed by atoms with van der Waals surface area (Å²) >= 11 is 5.34. The Hall–Kier alpha value is -0.770. The summed E-state index contributed by atoms with van der Waals surface area (Å²) in [7, 11) is 0. The third-order valence-electron chi connectivity index (χ3n) is 3.01. The molecular weight excluding hydrogens is 318 g/mol. The van der Waals surface area contributed by atoms with Crippen LogP contribution in [0, 0.1) is 0 Å². The van der Waals surface area contributed by atoms with Crippen LogP contribution in [0.5, 0.6) is 0 Å². The van der Waals surface area contributed by atoms with Crippen molar-refractivity contribution in [3.63, 3.8) is 0 Å². The summed E-state index contributed by atoms with van der Waals surface area (Å²) in [6.07, 6.45) is 1.93. The van der Waals surface area contributed by atoms with Gasteiger partial charge in [-0.25, -0.2) is 0 Å². The van der Waals surface area contributed by atoms with E-state index in [9.17, 15) is 0 Å². The van der Waals surface area contributed by atoms with Gasteiger partial charge in [0.2, 0.25) is 0 Å². The minimum Gasteiger partial charge on any atom is -0.327 e. The molecule has 19 heavy (non-hydrogen) atoms. The fraction of sp³-hybridized carbons (Fsp3) is 0.250. The van der Waals surface area contributed by atoms with E-state index in [-0.39, 0.29) is 6.04 Å². The molecule has 1 atom stereocenters. The summed E-state index contributed by atoms with van der Waals surface area (Å²) in [5.41, 5.74) is 7.41. The van der Waals surface area contributed by atoms with Gasteiger partial charge in [-0.2, -0.15) is 0 Å². The van der Waals surface area contributed by atoms with Crippen LogP contribution in [-0.4, -0.2) is 6.04 Å². The van der Waals surface area contributed by atoms with Gasteiger partial charge in [0.05, 0.1) is 0 Å². The number of hydrogen-bond acceptors (Lipinski definition) is 2. The molecule has 0 saturated carbocycles. The minimum atomic E-state index is 0.233. The molecule has 1 unspecified atom stereocenters. The summed E-state index contributed by atoms with van der Waals surface area (Å²) in [6.45, 7) is 2.13. The fourth-order valence-electron chi connectivity index (χ4n) is 1.83. The zero-order valence-corrected chi connectivity index (χ0v) is 13.4. The van der Waals surface area contributed by atoms with Gasteiger partial charge in [-0.15, -0.1) is 0 Å². The zero-order valence-electron chi connectivity index (χ0n) is 11.0. The molecule has 3 heteroatoms. The van der Waals surface area contributed by atoms with Crippen LogP contribution in [0.4, 0.5) is 0 Å². The molecule has 1 nitrogen and oxygen atoms in total. The number of nitrogens with two attached hydrogens (primary N) is 1. The zero-order chi connectivity index (χ0) is 13.7. The first-order chi connectivity index (χ1) is 9.19. The Morgan fingerprint density at radius 1 is 1.16 bits per heavy atom. The van der Waals surface area contributed by atoms with E-state index >= 15 is 0 Å². The van der Waals surface area contributed by atoms with Crippen LogP contribution < -0.4 is 5.73 Å². The Labute approximate surface area is 127 Å². The third-order valence-corrected chi connectivity index (χ3v) is 4.61. The highest BCUT2D eigenvalue weighted by molar-refractivity contribution is 9.10. The van der Waals surface area contributed by atoms with Gasteiger partial charge in [-0.1, -0.05) is 58.9 Å². The molecule has 0 saturated heterocycles. The van der Waals surface area contributed by atoms with Crippen molar-refractivity contribution >= 4 is 27.7 Å². The van der Waals surface area contributed by atoms with E-state index in [0.29, 0.717) is 0 Å². The van der Waals surface area contributed by atoms with Crippen molar-refractivity contribution in [2.75, 3.05) is 0 Å². The topological polar surface area (TPSA) is 26.0 Å². The number of halogens is 1. The number of hydrogen-bond donors (Lipinski definition) is 1. The van der Waals surface area contributed by atoms with Gasteiger partial charge in [0.1, 0.15) is 0 Å². The molecule has 0 aromatic heterocycles. The van der Waals surface area contributed by atoms with Crippen LogP contribution >= 0.6 is 27.7 Å². The Morgan fingerprint density at radius 2 is 1.89 bits per heavy atom. The second kappa shape index (κ2) is 7.13. The molecule has 2 N–H and O–H groups in total. The Morgan fingerprint density at radius 3 is 2.58 bits per heavy atom. The van der Waals surface area contributed by atoms with E-state index in [1.807, 2.05) is 6.07 Å². The largest absolute Gasteiger partial charge is 0.327 e. The first kappa shape index (κ1) is 14.6. The lowest BCUT2D eigenvalue weighted by Crippen LogP contribution is -2.21. The highest BCUT2D eigenvalue weighted by atomic mass is 79.9. The molecule has 0 aliphatic carbocycles. The predicted molar refractivity (Wildman–Crippen MR) is 86.7 cm³/mol. The molecule has 0 fully saturated rings. The molecule has 0 amide bonds. The van der Waals surface area contributed by atoms with E-state index in [4.69, 9.17) is 5.73 Å². The SMILES string of the molecule is CCC(N)Cc1ccc(Br)cc1Sc1ccccc1. The second-order valence-electron chi connectivity index (χ2n) is 4.54. The van der Waals surface area contributed by atoms with Crippen molar-refractivity contribution in [1.29, 1.82) is 0 Å². The monoisotopic (exact) mass is 335 g/mol. The van der Waals surface area contributed by atoms with E-state index in [2.05, 4.69) is 65.3 Å². The maximum absolute atomic E-state index is 6.08. The van der Waals surface area contributed by atoms with Gasteiger partial charge in [-0.05, 0) is 42.7 Å². The molecule has 0 aliphatic heterocycles. The first-order valence-corrected chi connectivity index (χ1v) is 8.07. The molecule has 0 aliphatic rings. The lowest BCUT2D eigenvalue weighted by Gasteiger charge is -2.13. The van der Waals surface area contributed by atoms with Crippen LogP contribution in [0.3, 0.4) is 0 Å². The highest BCUT2D eigenvalue weighted by Gasteiger charge is 2.09. The smallest absolute Gasteiger partial charge is 0.0186 e. The van der Waals surface area contributed by atoms with Gasteiger partial charge < -0.3 is 5.73 Å². The third kappa shape index (κ3) is 4.37. The standard InChI is InChI=1S/C16H18BrNS/c1-2-14(18)10-12-8-9-13(17)11-16(12)19-15-6-4-3-5-7-15/h3-9,11,14H,2,10,18H2,1H3. The van der Waals surface area contributed by atoms with Gasteiger partial charge in [0.15, 0.2) is 0 Å². The van der Waals surface area contributed by atoms with E-state index in [1.165, 1.54) is 15.4 Å². The van der Waals surface area contributed by atoms with Crippen molar-refractivity contribution in [1.82, 2.24) is 0 Å². The lowest BCUT2D eigenvalue weighted by molar-refractivity contribution is 0.641. The van der Waals surface area contributed by atoms with Crippen LogP contribution in [0.15, 0.2) is 62.8 Å². The molecule has 2 rings (SSSR count). The van der Waals surface area contributed by atoms with Crippen molar-refractivity contribution in [3.8, 4) is 0 Å². The molecule has 100 valence electrons. The van der Waals surface area contributed by atoms with Gasteiger partial charge in [-0.3, -0.25) is 0 Å². The van der Waals surface area contributed by atoms with Crippen LogP contribution in [-0.2, 0) is 6.42 Å². The maximum atomic E-state index is 6.08. The van der Waals surface area contributed by atoms with E-state index < -0.39 is 0 Å². The van der Waals surface area contributed by atoms with Crippen LogP contribution in [0.2, 0.25) is 0 Å². The van der Waals surface area contributed by atoms with Crippen LogP contribution in [0.1, 0.15) is 18.9 Å². The summed E-state index contributed by atoms with van der Waals surface area (Å²) < 4.78 is 1.11. The average Bonchev–Trinajstić information content (AvgIpc) is 2.43. The first-order valence-electron chi connectivity index (χ1n) is 6.46. The maximum Gasteiger partial charge on any atom is 0.0186 e. The summed E-state index contributed by atoms with van der Waals surface area (Å²) in [5, 5.41) is 0. The van der Waals surface area contributed by atoms with Crippen molar-refractivity contribution in [3.05, 3.63) is 58.6 Å². The van der Waals surface area contributed by atoms with Gasteiger partial charge >= 0.3 is 0 Å². The van der Waals surface area contributed by atoms with Crippen molar-refractivity contribution in [2.24, 2.45) is 5.73 Å². The van der Waals surface area contributed by atoms with E-state index in [1.54, 1.807) is 11.8 Å². The Bertz CT molecular complexity index is 528. The predicted octanol–water partition coefficient (Wildman–Crippen LogP) is 4.88. The number of rotatable bonds is 5. The summed E-state index contributed by atoms with van der Waals surface area (Å²) in [6, 6.07) is 17.1. The average molecular weight is 336 g/mol. The molecule has 0 heterocycles. The van der Waals surface area contributed by atoms with E-state index in [0.717, 1.165) is 17.3 Å². The van der Waals surface area contributed by atoms with Crippen molar-refractivity contribution < 1.29 is 0 Å². The molecule has 0 bridgehead atoms. The quantitative estimate of drug-likeness (QED) is 0.842. The fourth-order valence-corrected chi connectivity index (χ4v) is 3.36. The molecular formula is C16H18BrNS. The van der Waals surface area contributed by atoms with Gasteiger partial charge in [0, 0.05) is 20.3 Å². The van der Waals surface area contributed by atoms with Crippen molar-refractivity contribution in [2.45, 2.75) is 35.6 Å².